The van der Waals surface area contributed by atoms with Gasteiger partial charge in [-0.3, -0.25) is 9.78 Å². The molecule has 6 heteroatoms. The van der Waals surface area contributed by atoms with Crippen LogP contribution in [0, 0.1) is 13.8 Å². The van der Waals surface area contributed by atoms with E-state index in [1.807, 2.05) is 55.5 Å². The third-order valence-electron chi connectivity index (χ3n) is 5.65. The fourth-order valence-electron chi connectivity index (χ4n) is 3.85. The number of aliphatic hydroxyl groups is 1. The Balaban J connectivity index is 1.97. The first-order valence-electron chi connectivity index (χ1n) is 10.6. The molecular weight excluding hydrogens is 402 g/mol. The molecule has 1 heterocycles. The first-order valence-corrected chi connectivity index (χ1v) is 10.6. The van der Waals surface area contributed by atoms with Gasteiger partial charge in [0.05, 0.1) is 12.3 Å². The molecule has 166 valence electrons. The first-order chi connectivity index (χ1) is 15.4. The van der Waals surface area contributed by atoms with Crippen molar-refractivity contribution >= 4 is 11.6 Å². The van der Waals surface area contributed by atoms with E-state index in [2.05, 4.69) is 29.2 Å². The molecule has 1 aromatic heterocycles. The lowest BCUT2D eigenvalue weighted by Gasteiger charge is -2.22. The Morgan fingerprint density at radius 2 is 1.78 bits per heavy atom. The predicted octanol–water partition coefficient (Wildman–Crippen LogP) is 4.16. The van der Waals surface area contributed by atoms with Crippen LogP contribution in [0.5, 0.6) is 0 Å². The zero-order valence-electron chi connectivity index (χ0n) is 18.7. The summed E-state index contributed by atoms with van der Waals surface area (Å²) in [6.07, 6.45) is 2.20. The third kappa shape index (κ3) is 5.39. The molecule has 0 spiro atoms. The van der Waals surface area contributed by atoms with Gasteiger partial charge in [-0.2, -0.15) is 0 Å². The number of benzene rings is 2. The van der Waals surface area contributed by atoms with Crippen molar-refractivity contribution in [1.29, 1.82) is 0 Å². The number of amides is 1. The summed E-state index contributed by atoms with van der Waals surface area (Å²) in [4.78, 5) is 18.3. The Morgan fingerprint density at radius 1 is 1.06 bits per heavy atom. The lowest BCUT2D eigenvalue weighted by atomic mass is 9.83. The van der Waals surface area contributed by atoms with Crippen molar-refractivity contribution in [3.8, 4) is 0 Å². The molecule has 0 radical (unpaired) electrons. The number of pyridine rings is 1. The summed E-state index contributed by atoms with van der Waals surface area (Å²) in [5.74, 6) is -0.196. The van der Waals surface area contributed by atoms with Crippen LogP contribution in [0.2, 0.25) is 0 Å². The highest BCUT2D eigenvalue weighted by atomic mass is 16.4. The van der Waals surface area contributed by atoms with E-state index in [1.165, 1.54) is 4.90 Å². The summed E-state index contributed by atoms with van der Waals surface area (Å²) < 4.78 is 0. The van der Waals surface area contributed by atoms with Crippen LogP contribution in [-0.4, -0.2) is 52.0 Å². The zero-order chi connectivity index (χ0) is 23.1. The van der Waals surface area contributed by atoms with Crippen LogP contribution >= 0.6 is 0 Å². The van der Waals surface area contributed by atoms with Crippen LogP contribution in [0.3, 0.4) is 0 Å². The van der Waals surface area contributed by atoms with Gasteiger partial charge in [0.1, 0.15) is 0 Å². The Labute approximate surface area is 188 Å². The molecule has 0 aliphatic rings. The largest absolute Gasteiger partial charge is 0.411 e. The van der Waals surface area contributed by atoms with E-state index >= 15 is 0 Å². The summed E-state index contributed by atoms with van der Waals surface area (Å²) >= 11 is 0. The first kappa shape index (κ1) is 23.2. The van der Waals surface area contributed by atoms with Crippen LogP contribution < -0.4 is 0 Å². The fourth-order valence-corrected chi connectivity index (χ4v) is 3.85. The number of carbonyl (C=O) groups is 1. The molecule has 1 amide bonds. The van der Waals surface area contributed by atoms with Gasteiger partial charge in [-0.15, -0.1) is 0 Å². The second kappa shape index (κ2) is 10.7. The quantitative estimate of drug-likeness (QED) is 0.319. The minimum atomic E-state index is -0.136. The number of aliphatic hydroxyl groups excluding tert-OH is 1. The molecule has 32 heavy (non-hydrogen) atoms. The molecule has 0 aliphatic heterocycles. The van der Waals surface area contributed by atoms with Gasteiger partial charge in [-0.05, 0) is 54.8 Å². The summed E-state index contributed by atoms with van der Waals surface area (Å²) in [5, 5.41) is 22.5. The molecule has 3 rings (SSSR count). The second-order valence-corrected chi connectivity index (χ2v) is 7.92. The molecular formula is C26H29N3O3. The maximum atomic E-state index is 12.5. The summed E-state index contributed by atoms with van der Waals surface area (Å²) in [7, 11) is 1.67. The number of likely N-dealkylation sites (N-methyl/N-ethyl adjacent to an activating group) is 1. The highest BCUT2D eigenvalue weighted by Gasteiger charge is 2.21. The van der Waals surface area contributed by atoms with Crippen molar-refractivity contribution in [3.63, 3.8) is 0 Å². The average Bonchev–Trinajstić information content (AvgIpc) is 2.80. The van der Waals surface area contributed by atoms with Gasteiger partial charge in [0.2, 0.25) is 0 Å². The number of aromatic nitrogens is 1. The van der Waals surface area contributed by atoms with Gasteiger partial charge < -0.3 is 15.2 Å². The van der Waals surface area contributed by atoms with E-state index in [0.717, 1.165) is 27.9 Å². The van der Waals surface area contributed by atoms with Gasteiger partial charge in [-0.1, -0.05) is 41.6 Å². The molecule has 6 nitrogen and oxygen atoms in total. The highest BCUT2D eigenvalue weighted by Crippen LogP contribution is 2.32. The summed E-state index contributed by atoms with van der Waals surface area (Å²) in [5.41, 5.74) is 6.12. The molecule has 0 saturated carbocycles. The molecule has 0 aliphatic carbocycles. The van der Waals surface area contributed by atoms with E-state index in [-0.39, 0.29) is 25.0 Å². The van der Waals surface area contributed by atoms with E-state index in [0.29, 0.717) is 17.7 Å². The van der Waals surface area contributed by atoms with E-state index < -0.39 is 0 Å². The monoisotopic (exact) mass is 431 g/mol. The van der Waals surface area contributed by atoms with Crippen LogP contribution in [0.4, 0.5) is 0 Å². The van der Waals surface area contributed by atoms with Crippen molar-refractivity contribution in [2.45, 2.75) is 26.2 Å². The SMILES string of the molecule is Cc1cc(C(CC(c2ccc(C(=O)N(C)CCO)cc2)c2ccccc2C)=NO)ccn1. The number of aryl methyl sites for hydroxylation is 2. The maximum absolute atomic E-state index is 12.5. The van der Waals surface area contributed by atoms with Gasteiger partial charge in [-0.25, -0.2) is 0 Å². The Hall–Kier alpha value is -3.51. The van der Waals surface area contributed by atoms with Gasteiger partial charge in [0.15, 0.2) is 0 Å². The van der Waals surface area contributed by atoms with Gasteiger partial charge >= 0.3 is 0 Å². The summed E-state index contributed by atoms with van der Waals surface area (Å²) in [6.45, 7) is 4.18. The standard InChI is InChI=1S/C26H29N3O3/c1-18-6-4-5-7-23(18)24(17-25(28-32)22-12-13-27-19(2)16-22)20-8-10-21(11-9-20)26(31)29(3)14-15-30/h4-13,16,24,30,32H,14-15,17H2,1-3H3. The van der Waals surface area contributed by atoms with Crippen LogP contribution in [-0.2, 0) is 0 Å². The van der Waals surface area contributed by atoms with Crippen molar-refractivity contribution < 1.29 is 15.1 Å². The molecule has 2 aromatic carbocycles. The molecule has 1 atom stereocenters. The lowest BCUT2D eigenvalue weighted by molar-refractivity contribution is 0.0767. The van der Waals surface area contributed by atoms with Crippen molar-refractivity contribution in [2.24, 2.45) is 5.16 Å². The van der Waals surface area contributed by atoms with Crippen LogP contribution in [0.15, 0.2) is 72.0 Å². The molecule has 0 saturated heterocycles. The molecule has 0 bridgehead atoms. The zero-order valence-corrected chi connectivity index (χ0v) is 18.7. The normalized spacial score (nSPS) is 12.4. The fraction of sp³-hybridized carbons (Fsp3) is 0.269. The minimum Gasteiger partial charge on any atom is -0.411 e. The van der Waals surface area contributed by atoms with E-state index in [4.69, 9.17) is 5.11 Å². The minimum absolute atomic E-state index is 0.0603. The molecule has 1 unspecified atom stereocenters. The Kier molecular flexibility index (Phi) is 7.73. The number of hydrogen-bond donors (Lipinski definition) is 2. The predicted molar refractivity (Wildman–Crippen MR) is 125 cm³/mol. The number of hydrogen-bond acceptors (Lipinski definition) is 5. The maximum Gasteiger partial charge on any atom is 0.253 e. The lowest BCUT2D eigenvalue weighted by Crippen LogP contribution is -2.29. The summed E-state index contributed by atoms with van der Waals surface area (Å²) in [6, 6.07) is 19.4. The Morgan fingerprint density at radius 3 is 2.41 bits per heavy atom. The molecule has 3 aromatic rings. The number of rotatable bonds is 8. The molecule has 0 fully saturated rings. The van der Waals surface area contributed by atoms with Gasteiger partial charge in [0, 0.05) is 48.9 Å². The third-order valence-corrected chi connectivity index (χ3v) is 5.65. The van der Waals surface area contributed by atoms with E-state index in [9.17, 15) is 10.0 Å². The van der Waals surface area contributed by atoms with Crippen molar-refractivity contribution in [1.82, 2.24) is 9.88 Å². The molecule has 2 N–H and O–H groups in total. The number of oxime groups is 1. The Bertz CT molecular complexity index is 1090. The highest BCUT2D eigenvalue weighted by molar-refractivity contribution is 6.01. The van der Waals surface area contributed by atoms with E-state index in [1.54, 1.807) is 13.2 Å². The average molecular weight is 432 g/mol. The van der Waals surface area contributed by atoms with Gasteiger partial charge in [0.25, 0.3) is 5.91 Å². The van der Waals surface area contributed by atoms with Crippen molar-refractivity contribution in [3.05, 3.63) is 100 Å². The smallest absolute Gasteiger partial charge is 0.253 e. The van der Waals surface area contributed by atoms with Crippen LogP contribution in [0.25, 0.3) is 0 Å². The number of nitrogens with zero attached hydrogens (tertiary/aromatic N) is 3. The van der Waals surface area contributed by atoms with Crippen LogP contribution in [0.1, 0.15) is 50.6 Å². The number of carbonyl (C=O) groups excluding carboxylic acids is 1. The van der Waals surface area contributed by atoms with Crippen molar-refractivity contribution in [2.75, 3.05) is 20.2 Å². The topological polar surface area (TPSA) is 86.0 Å². The second-order valence-electron chi connectivity index (χ2n) is 7.92.